The van der Waals surface area contributed by atoms with E-state index in [4.69, 9.17) is 0 Å². The molecule has 1 aromatic heterocycles. The van der Waals surface area contributed by atoms with Crippen molar-refractivity contribution >= 4 is 32.5 Å². The van der Waals surface area contributed by atoms with Gasteiger partial charge in [0, 0.05) is 22.1 Å². The molecule has 0 aliphatic heterocycles. The standard InChI is InChI=1S/C14H14BrF3N2/c1-3-4-19-11-7-12(14(16,17)18)20-13-9(11)5-8(2)6-10(13)15/h5-7H,3-4H2,1-2H3,(H,19,20). The fourth-order valence-electron chi connectivity index (χ4n) is 1.97. The Morgan fingerprint density at radius 2 is 1.95 bits per heavy atom. The van der Waals surface area contributed by atoms with Crippen LogP contribution in [0, 0.1) is 6.92 Å². The number of rotatable bonds is 3. The van der Waals surface area contributed by atoms with Crippen molar-refractivity contribution in [2.45, 2.75) is 26.4 Å². The molecule has 0 fully saturated rings. The van der Waals surface area contributed by atoms with E-state index in [1.807, 2.05) is 19.9 Å². The fraction of sp³-hybridized carbons (Fsp3) is 0.357. The number of hydrogen-bond donors (Lipinski definition) is 1. The van der Waals surface area contributed by atoms with E-state index in [0.29, 0.717) is 27.6 Å². The maximum atomic E-state index is 12.9. The van der Waals surface area contributed by atoms with Crippen molar-refractivity contribution in [3.63, 3.8) is 0 Å². The Labute approximate surface area is 123 Å². The first-order valence-electron chi connectivity index (χ1n) is 6.25. The quantitative estimate of drug-likeness (QED) is 0.831. The zero-order valence-electron chi connectivity index (χ0n) is 11.1. The summed E-state index contributed by atoms with van der Waals surface area (Å²) < 4.78 is 39.3. The van der Waals surface area contributed by atoms with Gasteiger partial charge < -0.3 is 5.32 Å². The highest BCUT2D eigenvalue weighted by molar-refractivity contribution is 9.10. The second-order valence-corrected chi connectivity index (χ2v) is 5.48. The summed E-state index contributed by atoms with van der Waals surface area (Å²) in [6.07, 6.45) is -3.63. The Hall–Kier alpha value is -1.30. The molecular weight excluding hydrogens is 333 g/mol. The van der Waals surface area contributed by atoms with E-state index in [9.17, 15) is 13.2 Å². The summed E-state index contributed by atoms with van der Waals surface area (Å²) in [4.78, 5) is 3.74. The van der Waals surface area contributed by atoms with Crippen LogP contribution in [0.2, 0.25) is 0 Å². The monoisotopic (exact) mass is 346 g/mol. The molecule has 2 aromatic rings. The van der Waals surface area contributed by atoms with Crippen LogP contribution in [0.25, 0.3) is 10.9 Å². The number of halogens is 4. The number of anilines is 1. The Morgan fingerprint density at radius 3 is 2.55 bits per heavy atom. The predicted molar refractivity (Wildman–Crippen MR) is 78.0 cm³/mol. The predicted octanol–water partition coefficient (Wildman–Crippen LogP) is 5.15. The summed E-state index contributed by atoms with van der Waals surface area (Å²) >= 11 is 3.29. The van der Waals surface area contributed by atoms with Crippen molar-refractivity contribution in [1.82, 2.24) is 4.98 Å². The van der Waals surface area contributed by atoms with Crippen molar-refractivity contribution in [3.8, 4) is 0 Å². The van der Waals surface area contributed by atoms with E-state index < -0.39 is 11.9 Å². The van der Waals surface area contributed by atoms with E-state index in [1.165, 1.54) is 0 Å². The molecule has 0 spiro atoms. The van der Waals surface area contributed by atoms with Crippen LogP contribution in [-0.4, -0.2) is 11.5 Å². The third-order valence-electron chi connectivity index (χ3n) is 2.87. The molecule has 0 bridgehead atoms. The minimum atomic E-state index is -4.46. The van der Waals surface area contributed by atoms with Gasteiger partial charge in [-0.3, -0.25) is 0 Å². The van der Waals surface area contributed by atoms with Gasteiger partial charge in [-0.1, -0.05) is 6.92 Å². The zero-order chi connectivity index (χ0) is 14.9. The van der Waals surface area contributed by atoms with Gasteiger partial charge in [0.2, 0.25) is 0 Å². The van der Waals surface area contributed by atoms with Gasteiger partial charge in [0.05, 0.1) is 5.52 Å². The molecule has 0 aliphatic carbocycles. The minimum Gasteiger partial charge on any atom is -0.384 e. The molecule has 0 amide bonds. The number of aromatic nitrogens is 1. The fourth-order valence-corrected chi connectivity index (χ4v) is 2.64. The smallest absolute Gasteiger partial charge is 0.384 e. The van der Waals surface area contributed by atoms with E-state index in [-0.39, 0.29) is 0 Å². The summed E-state index contributed by atoms with van der Waals surface area (Å²) in [5.41, 5.74) is 0.872. The van der Waals surface area contributed by atoms with Crippen LogP contribution in [0.1, 0.15) is 24.6 Å². The molecule has 0 atom stereocenters. The molecule has 1 aromatic carbocycles. The lowest BCUT2D eigenvalue weighted by Crippen LogP contribution is -2.10. The van der Waals surface area contributed by atoms with Gasteiger partial charge >= 0.3 is 6.18 Å². The number of hydrogen-bond acceptors (Lipinski definition) is 2. The zero-order valence-corrected chi connectivity index (χ0v) is 12.7. The number of benzene rings is 1. The van der Waals surface area contributed by atoms with Gasteiger partial charge in [0.1, 0.15) is 5.69 Å². The molecule has 1 heterocycles. The van der Waals surface area contributed by atoms with Crippen LogP contribution < -0.4 is 5.32 Å². The largest absolute Gasteiger partial charge is 0.433 e. The van der Waals surface area contributed by atoms with Crippen LogP contribution in [0.15, 0.2) is 22.7 Å². The molecule has 0 unspecified atom stereocenters. The molecule has 2 nitrogen and oxygen atoms in total. The summed E-state index contributed by atoms with van der Waals surface area (Å²) in [5, 5.41) is 3.74. The molecule has 0 saturated carbocycles. The van der Waals surface area contributed by atoms with Crippen molar-refractivity contribution < 1.29 is 13.2 Å². The number of alkyl halides is 3. The number of nitrogens with one attached hydrogen (secondary N) is 1. The van der Waals surface area contributed by atoms with Gasteiger partial charge in [0.15, 0.2) is 0 Å². The molecule has 0 aliphatic rings. The first kappa shape index (κ1) is 15.1. The van der Waals surface area contributed by atoms with Crippen LogP contribution in [0.4, 0.5) is 18.9 Å². The molecule has 0 saturated heterocycles. The van der Waals surface area contributed by atoms with Gasteiger partial charge in [-0.2, -0.15) is 13.2 Å². The molecular formula is C14H14BrF3N2. The van der Waals surface area contributed by atoms with Crippen LogP contribution in [-0.2, 0) is 6.18 Å². The van der Waals surface area contributed by atoms with Gasteiger partial charge in [-0.15, -0.1) is 0 Å². The maximum Gasteiger partial charge on any atom is 0.433 e. The average molecular weight is 347 g/mol. The first-order chi connectivity index (χ1) is 9.32. The number of pyridine rings is 1. The van der Waals surface area contributed by atoms with Crippen LogP contribution in [0.5, 0.6) is 0 Å². The van der Waals surface area contributed by atoms with Crippen LogP contribution >= 0.6 is 15.9 Å². The third kappa shape index (κ3) is 3.06. The molecule has 20 heavy (non-hydrogen) atoms. The van der Waals surface area contributed by atoms with Gasteiger partial charge in [-0.05, 0) is 53.0 Å². The summed E-state index contributed by atoms with van der Waals surface area (Å²) in [6.45, 7) is 4.47. The lowest BCUT2D eigenvalue weighted by Gasteiger charge is -2.14. The molecule has 2 rings (SSSR count). The molecule has 1 N–H and O–H groups in total. The molecule has 108 valence electrons. The van der Waals surface area contributed by atoms with E-state index in [0.717, 1.165) is 18.1 Å². The number of aryl methyl sites for hydroxylation is 1. The average Bonchev–Trinajstić information content (AvgIpc) is 2.34. The SMILES string of the molecule is CCCNc1cc(C(F)(F)F)nc2c(Br)cc(C)cc12. The van der Waals surface area contributed by atoms with E-state index >= 15 is 0 Å². The minimum absolute atomic E-state index is 0.323. The number of nitrogens with zero attached hydrogens (tertiary/aromatic N) is 1. The van der Waals surface area contributed by atoms with Gasteiger partial charge in [-0.25, -0.2) is 4.98 Å². The summed E-state index contributed by atoms with van der Waals surface area (Å²) in [7, 11) is 0. The second-order valence-electron chi connectivity index (χ2n) is 4.62. The highest BCUT2D eigenvalue weighted by atomic mass is 79.9. The summed E-state index contributed by atoms with van der Waals surface area (Å²) in [5.74, 6) is 0. The van der Waals surface area contributed by atoms with Crippen molar-refractivity contribution in [3.05, 3.63) is 33.9 Å². The lowest BCUT2D eigenvalue weighted by molar-refractivity contribution is -0.140. The topological polar surface area (TPSA) is 24.9 Å². The highest BCUT2D eigenvalue weighted by Gasteiger charge is 2.33. The van der Waals surface area contributed by atoms with Crippen LogP contribution in [0.3, 0.4) is 0 Å². The third-order valence-corrected chi connectivity index (χ3v) is 3.47. The van der Waals surface area contributed by atoms with Crippen molar-refractivity contribution in [2.24, 2.45) is 0 Å². The normalized spacial score (nSPS) is 11.9. The second kappa shape index (κ2) is 5.60. The first-order valence-corrected chi connectivity index (χ1v) is 7.04. The highest BCUT2D eigenvalue weighted by Crippen LogP contribution is 2.35. The van der Waals surface area contributed by atoms with E-state index in [1.54, 1.807) is 6.07 Å². The Kier molecular flexibility index (Phi) is 4.22. The van der Waals surface area contributed by atoms with Crippen molar-refractivity contribution in [2.75, 3.05) is 11.9 Å². The number of fused-ring (bicyclic) bond motifs is 1. The molecule has 6 heteroatoms. The van der Waals surface area contributed by atoms with Crippen molar-refractivity contribution in [1.29, 1.82) is 0 Å². The van der Waals surface area contributed by atoms with E-state index in [2.05, 4.69) is 26.2 Å². The van der Waals surface area contributed by atoms with Gasteiger partial charge in [0.25, 0.3) is 0 Å². The lowest BCUT2D eigenvalue weighted by atomic mass is 10.1. The Bertz CT molecular complexity index is 638. The molecule has 0 radical (unpaired) electrons. The summed E-state index contributed by atoms with van der Waals surface area (Å²) in [6, 6.07) is 4.67. The maximum absolute atomic E-state index is 12.9. The Morgan fingerprint density at radius 1 is 1.25 bits per heavy atom. The Balaban J connectivity index is 2.71.